The van der Waals surface area contributed by atoms with E-state index in [9.17, 15) is 18.9 Å². The van der Waals surface area contributed by atoms with Crippen molar-refractivity contribution in [2.45, 2.75) is 0 Å². The first-order chi connectivity index (χ1) is 9.31. The summed E-state index contributed by atoms with van der Waals surface area (Å²) >= 11 is 3.96. The topological polar surface area (TPSA) is 69.2 Å². The van der Waals surface area contributed by atoms with Crippen LogP contribution in [0, 0.1) is 28.9 Å². The molecule has 0 radical (unpaired) electrons. The summed E-state index contributed by atoms with van der Waals surface area (Å²) in [6.07, 6.45) is 0. The van der Waals surface area contributed by atoms with Gasteiger partial charge in [0.2, 0.25) is 5.82 Å². The van der Waals surface area contributed by atoms with E-state index in [1.807, 2.05) is 22.6 Å². The highest BCUT2D eigenvalue weighted by Crippen LogP contribution is 2.19. The Bertz CT molecular complexity index is 639. The van der Waals surface area contributed by atoms with Crippen molar-refractivity contribution in [2.75, 3.05) is 5.73 Å². The fourth-order valence-corrected chi connectivity index (χ4v) is 2.13. The van der Waals surface area contributed by atoms with E-state index in [2.05, 4.69) is 22.6 Å². The number of nitrogens with two attached hydrogens (primary N) is 1. The third-order valence-corrected chi connectivity index (χ3v) is 3.40. The Morgan fingerprint density at radius 2 is 1.50 bits per heavy atom. The summed E-state index contributed by atoms with van der Waals surface area (Å²) in [5.41, 5.74) is 4.98. The minimum atomic E-state index is -0.796. The van der Waals surface area contributed by atoms with Gasteiger partial charge in [-0.2, -0.15) is 4.39 Å². The zero-order chi connectivity index (χ0) is 15.3. The first kappa shape index (κ1) is 17.0. The van der Waals surface area contributed by atoms with Crippen LogP contribution in [0.2, 0.25) is 0 Å². The Balaban J connectivity index is 0.000000204. The lowest BCUT2D eigenvalue weighted by atomic mass is 10.3. The minimum Gasteiger partial charge on any atom is -0.396 e. The van der Waals surface area contributed by atoms with Crippen molar-refractivity contribution < 1.29 is 13.7 Å². The molecule has 0 saturated heterocycles. The molecule has 0 aromatic heterocycles. The van der Waals surface area contributed by atoms with Crippen LogP contribution < -0.4 is 5.73 Å². The van der Waals surface area contributed by atoms with Crippen LogP contribution in [0.25, 0.3) is 0 Å². The highest BCUT2D eigenvalue weighted by molar-refractivity contribution is 14.1. The SMILES string of the molecule is Nc1cc(I)ccc1F.O=[N+]([O-])c1cc(I)ccc1F. The number of benzene rings is 2. The van der Waals surface area contributed by atoms with Crippen molar-refractivity contribution >= 4 is 56.6 Å². The molecule has 2 aromatic rings. The van der Waals surface area contributed by atoms with Gasteiger partial charge in [0.15, 0.2) is 0 Å². The van der Waals surface area contributed by atoms with E-state index < -0.39 is 16.4 Å². The molecule has 0 amide bonds. The molecule has 106 valence electrons. The van der Waals surface area contributed by atoms with Crippen LogP contribution in [-0.4, -0.2) is 4.92 Å². The second kappa shape index (κ2) is 7.67. The Kier molecular flexibility index (Phi) is 6.52. The molecule has 0 heterocycles. The third-order valence-electron chi connectivity index (χ3n) is 2.06. The van der Waals surface area contributed by atoms with E-state index in [-0.39, 0.29) is 11.5 Å². The van der Waals surface area contributed by atoms with Crippen molar-refractivity contribution in [3.8, 4) is 0 Å². The first-order valence-electron chi connectivity index (χ1n) is 5.11. The van der Waals surface area contributed by atoms with Gasteiger partial charge in [-0.3, -0.25) is 10.1 Å². The fraction of sp³-hybridized carbons (Fsp3) is 0. The molecule has 4 nitrogen and oxygen atoms in total. The quantitative estimate of drug-likeness (QED) is 0.272. The molecular formula is C12H8F2I2N2O2. The zero-order valence-corrected chi connectivity index (χ0v) is 14.1. The molecular weight excluding hydrogens is 496 g/mol. The van der Waals surface area contributed by atoms with Crippen molar-refractivity contribution in [3.05, 3.63) is 65.3 Å². The van der Waals surface area contributed by atoms with Crippen molar-refractivity contribution in [3.63, 3.8) is 0 Å². The number of hydrogen-bond donors (Lipinski definition) is 1. The molecule has 0 unspecified atom stereocenters. The summed E-state index contributed by atoms with van der Waals surface area (Å²) in [7, 11) is 0. The van der Waals surface area contributed by atoms with E-state index >= 15 is 0 Å². The highest BCUT2D eigenvalue weighted by Gasteiger charge is 2.12. The summed E-state index contributed by atoms with van der Waals surface area (Å²) in [5.74, 6) is -1.15. The molecule has 0 spiro atoms. The molecule has 2 N–H and O–H groups in total. The van der Waals surface area contributed by atoms with Crippen LogP contribution in [0.5, 0.6) is 0 Å². The number of nitro benzene ring substituents is 1. The second-order valence-electron chi connectivity index (χ2n) is 3.52. The van der Waals surface area contributed by atoms with Gasteiger partial charge in [0, 0.05) is 13.2 Å². The summed E-state index contributed by atoms with van der Waals surface area (Å²) in [6, 6.07) is 8.37. The lowest BCUT2D eigenvalue weighted by Gasteiger charge is -1.94. The molecule has 0 saturated carbocycles. The molecule has 2 rings (SSSR count). The average molecular weight is 504 g/mol. The van der Waals surface area contributed by atoms with Gasteiger partial charge in [0.1, 0.15) is 5.82 Å². The number of anilines is 1. The van der Waals surface area contributed by atoms with Crippen molar-refractivity contribution in [1.82, 2.24) is 0 Å². The summed E-state index contributed by atoms with van der Waals surface area (Å²) in [6.45, 7) is 0. The Morgan fingerprint density at radius 1 is 1.00 bits per heavy atom. The van der Waals surface area contributed by atoms with Gasteiger partial charge in [-0.1, -0.05) is 0 Å². The molecule has 0 aliphatic rings. The number of hydrogen-bond acceptors (Lipinski definition) is 3. The Labute approximate surface area is 140 Å². The Morgan fingerprint density at radius 3 is 1.90 bits per heavy atom. The predicted octanol–water partition coefficient (Wildman–Crippen LogP) is 4.35. The Hall–Kier alpha value is -1.04. The van der Waals surface area contributed by atoms with Gasteiger partial charge < -0.3 is 5.73 Å². The lowest BCUT2D eigenvalue weighted by molar-refractivity contribution is -0.387. The van der Waals surface area contributed by atoms with Gasteiger partial charge in [-0.05, 0) is 75.5 Å². The number of nitrogens with zero attached hydrogens (tertiary/aromatic N) is 1. The number of nitro groups is 1. The van der Waals surface area contributed by atoms with E-state index in [0.717, 1.165) is 9.64 Å². The molecule has 8 heteroatoms. The van der Waals surface area contributed by atoms with Gasteiger partial charge in [-0.25, -0.2) is 4.39 Å². The van der Waals surface area contributed by atoms with Crippen molar-refractivity contribution in [2.24, 2.45) is 0 Å². The summed E-state index contributed by atoms with van der Waals surface area (Å²) < 4.78 is 26.5. The number of halogens is 4. The van der Waals surface area contributed by atoms with Gasteiger partial charge in [-0.15, -0.1) is 0 Å². The maximum absolute atomic E-state index is 12.6. The molecule has 2 aromatic carbocycles. The maximum atomic E-state index is 12.6. The second-order valence-corrected chi connectivity index (χ2v) is 6.01. The smallest absolute Gasteiger partial charge is 0.305 e. The molecule has 20 heavy (non-hydrogen) atoms. The van der Waals surface area contributed by atoms with E-state index in [0.29, 0.717) is 3.57 Å². The number of rotatable bonds is 1. The summed E-state index contributed by atoms with van der Waals surface area (Å²) in [4.78, 5) is 9.40. The average Bonchev–Trinajstić information content (AvgIpc) is 2.38. The van der Waals surface area contributed by atoms with Crippen molar-refractivity contribution in [1.29, 1.82) is 0 Å². The molecule has 0 atom stereocenters. The van der Waals surface area contributed by atoms with Gasteiger partial charge in [0.25, 0.3) is 0 Å². The van der Waals surface area contributed by atoms with Crippen LogP contribution in [0.15, 0.2) is 36.4 Å². The highest BCUT2D eigenvalue weighted by atomic mass is 127. The third kappa shape index (κ3) is 5.15. The molecule has 0 fully saturated rings. The van der Waals surface area contributed by atoms with Gasteiger partial charge >= 0.3 is 5.69 Å². The predicted molar refractivity (Wildman–Crippen MR) is 89.3 cm³/mol. The monoisotopic (exact) mass is 504 g/mol. The standard InChI is InChI=1S/C6H3FINO2.C6H5FIN/c7-5-2-1-4(8)3-6(5)9(10)11;7-5-2-1-4(8)3-6(5)9/h1-3H;1-3H,9H2. The zero-order valence-electron chi connectivity index (χ0n) is 9.82. The largest absolute Gasteiger partial charge is 0.396 e. The van der Waals surface area contributed by atoms with E-state index in [4.69, 9.17) is 5.73 Å². The van der Waals surface area contributed by atoms with Crippen LogP contribution in [0.3, 0.4) is 0 Å². The maximum Gasteiger partial charge on any atom is 0.305 e. The fourth-order valence-electron chi connectivity index (χ4n) is 1.14. The minimum absolute atomic E-state index is 0.210. The van der Waals surface area contributed by atoms with Crippen LogP contribution in [-0.2, 0) is 0 Å². The van der Waals surface area contributed by atoms with Crippen LogP contribution in [0.4, 0.5) is 20.2 Å². The normalized spacial score (nSPS) is 9.60. The molecule has 0 aliphatic heterocycles. The molecule has 0 bridgehead atoms. The lowest BCUT2D eigenvalue weighted by Crippen LogP contribution is -1.92. The van der Waals surface area contributed by atoms with E-state index in [1.54, 1.807) is 12.1 Å². The summed E-state index contributed by atoms with van der Waals surface area (Å²) in [5, 5.41) is 10.1. The van der Waals surface area contributed by atoms with Crippen LogP contribution in [0.1, 0.15) is 0 Å². The van der Waals surface area contributed by atoms with Crippen LogP contribution >= 0.6 is 45.2 Å². The molecule has 0 aliphatic carbocycles. The van der Waals surface area contributed by atoms with Gasteiger partial charge in [0.05, 0.1) is 10.6 Å². The van der Waals surface area contributed by atoms with E-state index in [1.165, 1.54) is 18.2 Å². The number of nitrogen functional groups attached to an aromatic ring is 1. The first-order valence-corrected chi connectivity index (χ1v) is 7.27.